The molecule has 1 atom stereocenters. The Morgan fingerprint density at radius 3 is 2.40 bits per heavy atom. The van der Waals surface area contributed by atoms with Crippen molar-refractivity contribution in [2.75, 3.05) is 7.11 Å². The summed E-state index contributed by atoms with van der Waals surface area (Å²) in [4.78, 5) is 0. The van der Waals surface area contributed by atoms with Gasteiger partial charge in [0, 0.05) is 7.11 Å². The van der Waals surface area contributed by atoms with E-state index in [1.807, 2.05) is 6.08 Å². The third-order valence-corrected chi connectivity index (χ3v) is 1.89. The van der Waals surface area contributed by atoms with Crippen LogP contribution in [0.15, 0.2) is 11.6 Å². The molecule has 1 aliphatic carbocycles. The Kier molecular flexibility index (Phi) is 1.84. The Bertz CT molecular complexity index is 153. The Hall–Kier alpha value is -0.340. The maximum atomic E-state index is 9.49. The fraction of sp³-hybridized carbons (Fsp3) is 0.750. The van der Waals surface area contributed by atoms with Crippen LogP contribution in [0.5, 0.6) is 0 Å². The summed E-state index contributed by atoms with van der Waals surface area (Å²) in [5.74, 6) is 0. The van der Waals surface area contributed by atoms with Gasteiger partial charge in [0.2, 0.25) is 0 Å². The molecule has 0 spiro atoms. The first-order valence-electron chi connectivity index (χ1n) is 3.51. The summed E-state index contributed by atoms with van der Waals surface area (Å²) in [7, 11) is 1.67. The number of methoxy groups -OCH3 is 1. The van der Waals surface area contributed by atoms with Gasteiger partial charge in [-0.15, -0.1) is 0 Å². The van der Waals surface area contributed by atoms with Crippen molar-refractivity contribution in [1.82, 2.24) is 0 Å². The molecule has 1 unspecified atom stereocenters. The van der Waals surface area contributed by atoms with Crippen LogP contribution in [-0.2, 0) is 4.74 Å². The lowest BCUT2D eigenvalue weighted by molar-refractivity contribution is 0.0449. The zero-order valence-electron chi connectivity index (χ0n) is 6.72. The highest BCUT2D eigenvalue weighted by Gasteiger charge is 2.31. The second kappa shape index (κ2) is 2.36. The Labute approximate surface area is 61.5 Å². The second-order valence-electron chi connectivity index (χ2n) is 3.18. The van der Waals surface area contributed by atoms with Crippen molar-refractivity contribution >= 4 is 0 Å². The highest BCUT2D eigenvalue weighted by atomic mass is 16.5. The molecule has 1 N–H and O–H groups in total. The zero-order chi connectivity index (χ0) is 7.78. The standard InChI is InChI=1S/C8H14O2/c1-8(2,9)6-4-5-7(6)10-3/h4,7,9H,5H2,1-3H3. The van der Waals surface area contributed by atoms with E-state index in [1.54, 1.807) is 21.0 Å². The molecule has 0 amide bonds. The van der Waals surface area contributed by atoms with Gasteiger partial charge in [0.15, 0.2) is 0 Å². The van der Waals surface area contributed by atoms with Crippen LogP contribution in [0, 0.1) is 0 Å². The van der Waals surface area contributed by atoms with Crippen LogP contribution in [-0.4, -0.2) is 23.9 Å². The molecular formula is C8H14O2. The molecule has 0 heterocycles. The molecule has 1 aliphatic rings. The smallest absolute Gasteiger partial charge is 0.0843 e. The van der Waals surface area contributed by atoms with Crippen LogP contribution in [0.3, 0.4) is 0 Å². The molecule has 0 fully saturated rings. The van der Waals surface area contributed by atoms with E-state index in [1.165, 1.54) is 0 Å². The molecule has 0 radical (unpaired) electrons. The molecule has 0 aromatic heterocycles. The van der Waals surface area contributed by atoms with E-state index in [0.29, 0.717) is 0 Å². The first kappa shape index (κ1) is 7.76. The summed E-state index contributed by atoms with van der Waals surface area (Å²) in [5, 5.41) is 9.49. The molecule has 0 bridgehead atoms. The third kappa shape index (κ3) is 1.22. The minimum absolute atomic E-state index is 0.153. The topological polar surface area (TPSA) is 29.5 Å². The van der Waals surface area contributed by atoms with Crippen molar-refractivity contribution in [2.45, 2.75) is 32.0 Å². The fourth-order valence-corrected chi connectivity index (χ4v) is 1.20. The van der Waals surface area contributed by atoms with E-state index < -0.39 is 5.60 Å². The highest BCUT2D eigenvalue weighted by Crippen LogP contribution is 2.31. The van der Waals surface area contributed by atoms with Gasteiger partial charge in [-0.05, 0) is 25.8 Å². The van der Waals surface area contributed by atoms with Crippen LogP contribution in [0.2, 0.25) is 0 Å². The molecule has 10 heavy (non-hydrogen) atoms. The predicted molar refractivity (Wildman–Crippen MR) is 39.8 cm³/mol. The van der Waals surface area contributed by atoms with Gasteiger partial charge in [0.25, 0.3) is 0 Å². The van der Waals surface area contributed by atoms with Crippen molar-refractivity contribution in [3.63, 3.8) is 0 Å². The molecule has 0 aromatic carbocycles. The van der Waals surface area contributed by atoms with Crippen LogP contribution in [0.1, 0.15) is 20.3 Å². The van der Waals surface area contributed by atoms with Gasteiger partial charge >= 0.3 is 0 Å². The second-order valence-corrected chi connectivity index (χ2v) is 3.18. The quantitative estimate of drug-likeness (QED) is 0.585. The summed E-state index contributed by atoms with van der Waals surface area (Å²) in [6.07, 6.45) is 3.12. The van der Waals surface area contributed by atoms with E-state index >= 15 is 0 Å². The number of rotatable bonds is 2. The fourth-order valence-electron chi connectivity index (χ4n) is 1.20. The van der Waals surface area contributed by atoms with Crippen LogP contribution in [0.25, 0.3) is 0 Å². The molecule has 1 rings (SSSR count). The van der Waals surface area contributed by atoms with Gasteiger partial charge in [-0.1, -0.05) is 6.08 Å². The monoisotopic (exact) mass is 142 g/mol. The van der Waals surface area contributed by atoms with E-state index in [-0.39, 0.29) is 6.10 Å². The third-order valence-electron chi connectivity index (χ3n) is 1.89. The highest BCUT2D eigenvalue weighted by molar-refractivity contribution is 5.27. The Morgan fingerprint density at radius 2 is 2.30 bits per heavy atom. The molecule has 2 heteroatoms. The van der Waals surface area contributed by atoms with Crippen LogP contribution < -0.4 is 0 Å². The average molecular weight is 142 g/mol. The molecule has 2 nitrogen and oxygen atoms in total. The molecule has 0 saturated heterocycles. The van der Waals surface area contributed by atoms with Gasteiger partial charge in [-0.25, -0.2) is 0 Å². The lowest BCUT2D eigenvalue weighted by Crippen LogP contribution is -2.36. The maximum Gasteiger partial charge on any atom is 0.0843 e. The number of ether oxygens (including phenoxy) is 1. The number of hydrogen-bond donors (Lipinski definition) is 1. The zero-order valence-corrected chi connectivity index (χ0v) is 6.72. The van der Waals surface area contributed by atoms with Gasteiger partial charge in [0.05, 0.1) is 11.7 Å². The van der Waals surface area contributed by atoms with E-state index in [9.17, 15) is 5.11 Å². The van der Waals surface area contributed by atoms with Gasteiger partial charge < -0.3 is 9.84 Å². The molecule has 0 aliphatic heterocycles. The minimum atomic E-state index is -0.696. The van der Waals surface area contributed by atoms with Gasteiger partial charge in [-0.3, -0.25) is 0 Å². The molecule has 58 valence electrons. The first-order valence-corrected chi connectivity index (χ1v) is 3.51. The summed E-state index contributed by atoms with van der Waals surface area (Å²) in [6, 6.07) is 0. The summed E-state index contributed by atoms with van der Waals surface area (Å²) >= 11 is 0. The van der Waals surface area contributed by atoms with Crippen LogP contribution in [0.4, 0.5) is 0 Å². The van der Waals surface area contributed by atoms with Crippen molar-refractivity contribution in [3.05, 3.63) is 11.6 Å². The Balaban J connectivity index is 2.60. The lowest BCUT2D eigenvalue weighted by atomic mass is 9.83. The summed E-state index contributed by atoms with van der Waals surface area (Å²) in [5.41, 5.74) is 0.314. The Morgan fingerprint density at radius 1 is 1.70 bits per heavy atom. The molecule has 0 aromatic rings. The molecular weight excluding hydrogens is 128 g/mol. The van der Waals surface area contributed by atoms with E-state index in [4.69, 9.17) is 4.74 Å². The predicted octanol–water partition coefficient (Wildman–Crippen LogP) is 1.10. The summed E-state index contributed by atoms with van der Waals surface area (Å²) in [6.45, 7) is 3.56. The van der Waals surface area contributed by atoms with Crippen LogP contribution >= 0.6 is 0 Å². The number of aliphatic hydroxyl groups is 1. The first-order chi connectivity index (χ1) is 4.55. The minimum Gasteiger partial charge on any atom is -0.386 e. The van der Waals surface area contributed by atoms with Gasteiger partial charge in [0.1, 0.15) is 0 Å². The average Bonchev–Trinajstić information content (AvgIpc) is 1.57. The van der Waals surface area contributed by atoms with Crippen molar-refractivity contribution in [3.8, 4) is 0 Å². The van der Waals surface area contributed by atoms with Crippen molar-refractivity contribution in [1.29, 1.82) is 0 Å². The lowest BCUT2D eigenvalue weighted by Gasteiger charge is -2.34. The maximum absolute atomic E-state index is 9.49. The normalized spacial score (nSPS) is 25.6. The molecule has 0 saturated carbocycles. The summed E-state index contributed by atoms with van der Waals surface area (Å²) < 4.78 is 5.10. The largest absolute Gasteiger partial charge is 0.386 e. The SMILES string of the molecule is COC1CC=C1C(C)(C)O. The van der Waals surface area contributed by atoms with E-state index in [2.05, 4.69) is 0 Å². The van der Waals surface area contributed by atoms with Gasteiger partial charge in [-0.2, -0.15) is 0 Å². The van der Waals surface area contributed by atoms with Crippen molar-refractivity contribution in [2.24, 2.45) is 0 Å². The number of hydrogen-bond acceptors (Lipinski definition) is 2. The van der Waals surface area contributed by atoms with Crippen molar-refractivity contribution < 1.29 is 9.84 Å². The van der Waals surface area contributed by atoms with E-state index in [0.717, 1.165) is 12.0 Å².